The molecule has 0 bridgehead atoms. The summed E-state index contributed by atoms with van der Waals surface area (Å²) in [6.45, 7) is 9.38. The van der Waals surface area contributed by atoms with Crippen molar-refractivity contribution in [1.29, 1.82) is 0 Å². The van der Waals surface area contributed by atoms with Gasteiger partial charge in [-0.1, -0.05) is 230 Å². The lowest BCUT2D eigenvalue weighted by Crippen LogP contribution is -2.50. The molecule has 0 spiro atoms. The van der Waals surface area contributed by atoms with Crippen LogP contribution in [-0.4, -0.2) is 60.8 Å². The Labute approximate surface area is 414 Å². The standard InChI is InChI=1S/C57H100N2O9/c1-6-8-10-12-14-16-18-20-22-24-26-28-30-32-34-39-43-54(62)67-50(48-66-52(60)42-38-33-31-29-27-25-23-21-19-17-15-13-11-9-7-2)46-58-55(63)51(59-56(64)68-57(3,4)5)44-45-53(61)65-47-49-40-36-35-37-41-49/h35-37,40-41,50-51H,6-34,38-39,42-48H2,1-5H3,(H,58,63)(H,59,64). The number of hydrogen-bond donors (Lipinski definition) is 2. The highest BCUT2D eigenvalue weighted by Gasteiger charge is 2.27. The summed E-state index contributed by atoms with van der Waals surface area (Å²) in [5.74, 6) is -1.92. The minimum absolute atomic E-state index is 0.0589. The number of esters is 3. The zero-order chi connectivity index (χ0) is 49.8. The quantitative estimate of drug-likeness (QED) is 0.0370. The Morgan fingerprint density at radius 3 is 1.32 bits per heavy atom. The van der Waals surface area contributed by atoms with E-state index in [-0.39, 0.29) is 51.4 Å². The van der Waals surface area contributed by atoms with Gasteiger partial charge < -0.3 is 29.6 Å². The fourth-order valence-corrected chi connectivity index (χ4v) is 8.22. The summed E-state index contributed by atoms with van der Waals surface area (Å²) in [6, 6.07) is 8.11. The highest BCUT2D eigenvalue weighted by atomic mass is 16.6. The maximum Gasteiger partial charge on any atom is 0.408 e. The van der Waals surface area contributed by atoms with Crippen LogP contribution < -0.4 is 10.6 Å². The van der Waals surface area contributed by atoms with E-state index in [0.29, 0.717) is 6.42 Å². The van der Waals surface area contributed by atoms with Crippen molar-refractivity contribution >= 4 is 29.9 Å². The zero-order valence-electron chi connectivity index (χ0n) is 44.1. The summed E-state index contributed by atoms with van der Waals surface area (Å²) < 4.78 is 22.2. The number of carbonyl (C=O) groups excluding carboxylic acids is 5. The summed E-state index contributed by atoms with van der Waals surface area (Å²) in [6.07, 6.45) is 36.9. The van der Waals surface area contributed by atoms with E-state index < -0.39 is 41.7 Å². The molecule has 0 radical (unpaired) electrons. The molecule has 0 aliphatic rings. The summed E-state index contributed by atoms with van der Waals surface area (Å²) in [5, 5.41) is 5.33. The molecule has 2 amide bonds. The van der Waals surface area contributed by atoms with Crippen molar-refractivity contribution in [2.24, 2.45) is 0 Å². The SMILES string of the molecule is CCCCCCCCCCCCCCCCCCC(=O)OC(CNC(=O)C(CCC(=O)OCc1ccccc1)NC(=O)OC(C)(C)C)COC(=O)CCCCCCCCCCCCCCCCC. The van der Waals surface area contributed by atoms with Gasteiger partial charge in [-0.15, -0.1) is 0 Å². The molecule has 0 aromatic heterocycles. The van der Waals surface area contributed by atoms with Crippen molar-refractivity contribution < 1.29 is 42.9 Å². The molecule has 2 atom stereocenters. The lowest BCUT2D eigenvalue weighted by Gasteiger charge is -2.24. The number of carbonyl (C=O) groups is 5. The van der Waals surface area contributed by atoms with Crippen LogP contribution in [0.25, 0.3) is 0 Å². The van der Waals surface area contributed by atoms with Gasteiger partial charge in [-0.25, -0.2) is 4.79 Å². The predicted molar refractivity (Wildman–Crippen MR) is 276 cm³/mol. The van der Waals surface area contributed by atoms with Crippen molar-refractivity contribution in [3.63, 3.8) is 0 Å². The molecule has 0 saturated heterocycles. The largest absolute Gasteiger partial charge is 0.462 e. The summed E-state index contributed by atoms with van der Waals surface area (Å²) in [5.41, 5.74) is 0.00907. The number of unbranched alkanes of at least 4 members (excludes halogenated alkanes) is 29. The second-order valence-electron chi connectivity index (χ2n) is 20.2. The number of benzene rings is 1. The van der Waals surface area contributed by atoms with Crippen LogP contribution in [0.1, 0.15) is 265 Å². The molecule has 0 aliphatic heterocycles. The van der Waals surface area contributed by atoms with Crippen molar-refractivity contribution in [2.75, 3.05) is 13.2 Å². The molecule has 1 rings (SSSR count). The molecular formula is C57H100N2O9. The van der Waals surface area contributed by atoms with Crippen molar-refractivity contribution in [3.8, 4) is 0 Å². The lowest BCUT2D eigenvalue weighted by molar-refractivity contribution is -0.159. The van der Waals surface area contributed by atoms with Gasteiger partial charge in [0.05, 0.1) is 6.54 Å². The molecular weight excluding hydrogens is 857 g/mol. The van der Waals surface area contributed by atoms with E-state index in [2.05, 4.69) is 24.5 Å². The van der Waals surface area contributed by atoms with Gasteiger partial charge in [-0.3, -0.25) is 19.2 Å². The zero-order valence-corrected chi connectivity index (χ0v) is 44.1. The topological polar surface area (TPSA) is 146 Å². The monoisotopic (exact) mass is 957 g/mol. The number of rotatable bonds is 45. The van der Waals surface area contributed by atoms with Crippen LogP contribution in [0.2, 0.25) is 0 Å². The van der Waals surface area contributed by atoms with Gasteiger partial charge >= 0.3 is 24.0 Å². The first-order chi connectivity index (χ1) is 32.9. The Bertz CT molecular complexity index is 1400. The maximum absolute atomic E-state index is 13.6. The molecule has 68 heavy (non-hydrogen) atoms. The number of alkyl carbamates (subject to hydrolysis) is 1. The third-order valence-corrected chi connectivity index (χ3v) is 12.3. The number of nitrogens with one attached hydrogen (secondary N) is 2. The van der Waals surface area contributed by atoms with E-state index in [1.54, 1.807) is 20.8 Å². The van der Waals surface area contributed by atoms with Crippen LogP contribution in [-0.2, 0) is 44.7 Å². The minimum atomic E-state index is -1.15. The van der Waals surface area contributed by atoms with E-state index >= 15 is 0 Å². The van der Waals surface area contributed by atoms with Crippen molar-refractivity contribution in [1.82, 2.24) is 10.6 Å². The molecule has 2 N–H and O–H groups in total. The van der Waals surface area contributed by atoms with Crippen LogP contribution in [0.3, 0.4) is 0 Å². The first-order valence-electron chi connectivity index (χ1n) is 27.7. The molecule has 11 nitrogen and oxygen atoms in total. The van der Waals surface area contributed by atoms with Crippen molar-refractivity contribution in [3.05, 3.63) is 35.9 Å². The average molecular weight is 957 g/mol. The van der Waals surface area contributed by atoms with Crippen LogP contribution in [0, 0.1) is 0 Å². The minimum Gasteiger partial charge on any atom is -0.462 e. The predicted octanol–water partition coefficient (Wildman–Crippen LogP) is 14.9. The number of amides is 2. The molecule has 0 fully saturated rings. The third kappa shape index (κ3) is 40.3. The summed E-state index contributed by atoms with van der Waals surface area (Å²) in [7, 11) is 0. The molecule has 1 aromatic rings. The normalized spacial score (nSPS) is 12.2. The van der Waals surface area contributed by atoms with Crippen LogP contribution in [0.5, 0.6) is 0 Å². The molecule has 392 valence electrons. The molecule has 1 aromatic carbocycles. The van der Waals surface area contributed by atoms with E-state index in [1.807, 2.05) is 30.3 Å². The van der Waals surface area contributed by atoms with Crippen molar-refractivity contribution in [2.45, 2.75) is 284 Å². The Hall–Kier alpha value is -3.63. The van der Waals surface area contributed by atoms with Crippen LogP contribution in [0.4, 0.5) is 4.79 Å². The summed E-state index contributed by atoms with van der Waals surface area (Å²) >= 11 is 0. The van der Waals surface area contributed by atoms with Gasteiger partial charge in [-0.2, -0.15) is 0 Å². The summed E-state index contributed by atoms with van der Waals surface area (Å²) in [4.78, 5) is 64.9. The maximum atomic E-state index is 13.6. The molecule has 0 heterocycles. The van der Waals surface area contributed by atoms with Gasteiger partial charge in [-0.05, 0) is 45.6 Å². The van der Waals surface area contributed by atoms with Crippen LogP contribution in [0.15, 0.2) is 30.3 Å². The fourth-order valence-electron chi connectivity index (χ4n) is 8.22. The molecule has 0 aliphatic carbocycles. The Kier molecular flexibility index (Phi) is 39.8. The van der Waals surface area contributed by atoms with E-state index in [4.69, 9.17) is 18.9 Å². The fraction of sp³-hybridized carbons (Fsp3) is 0.807. The van der Waals surface area contributed by atoms with Gasteiger partial charge in [0.1, 0.15) is 24.9 Å². The average Bonchev–Trinajstić information content (AvgIpc) is 3.31. The third-order valence-electron chi connectivity index (χ3n) is 12.3. The van der Waals surface area contributed by atoms with Gasteiger partial charge in [0.15, 0.2) is 6.10 Å². The lowest BCUT2D eigenvalue weighted by atomic mass is 10.0. The number of hydrogen-bond acceptors (Lipinski definition) is 9. The molecule has 0 saturated carbocycles. The second-order valence-corrected chi connectivity index (χ2v) is 20.2. The van der Waals surface area contributed by atoms with Gasteiger partial charge in [0.25, 0.3) is 0 Å². The Balaban J connectivity index is 2.61. The molecule has 2 unspecified atom stereocenters. The second kappa shape index (κ2) is 43.4. The Morgan fingerprint density at radius 2 is 0.897 bits per heavy atom. The number of ether oxygens (including phenoxy) is 4. The van der Waals surface area contributed by atoms with E-state index in [9.17, 15) is 24.0 Å². The molecule has 11 heteroatoms. The highest BCUT2D eigenvalue weighted by Crippen LogP contribution is 2.17. The Morgan fingerprint density at radius 1 is 0.500 bits per heavy atom. The van der Waals surface area contributed by atoms with E-state index in [1.165, 1.54) is 154 Å². The van der Waals surface area contributed by atoms with Gasteiger partial charge in [0, 0.05) is 19.3 Å². The first kappa shape index (κ1) is 62.4. The highest BCUT2D eigenvalue weighted by molar-refractivity contribution is 5.86. The van der Waals surface area contributed by atoms with Crippen LogP contribution >= 0.6 is 0 Å². The van der Waals surface area contributed by atoms with Gasteiger partial charge in [0.2, 0.25) is 5.91 Å². The first-order valence-corrected chi connectivity index (χ1v) is 27.7. The smallest absolute Gasteiger partial charge is 0.408 e. The van der Waals surface area contributed by atoms with E-state index in [0.717, 1.165) is 44.1 Å².